The van der Waals surface area contributed by atoms with Crippen molar-refractivity contribution in [1.82, 2.24) is 10.3 Å². The minimum absolute atomic E-state index is 0.197. The highest BCUT2D eigenvalue weighted by Crippen LogP contribution is 2.21. The second-order valence-electron chi connectivity index (χ2n) is 6.03. The van der Waals surface area contributed by atoms with Gasteiger partial charge in [-0.15, -0.1) is 0 Å². The Bertz CT molecular complexity index is 724. The molecule has 0 aliphatic heterocycles. The van der Waals surface area contributed by atoms with Crippen LogP contribution in [0.5, 0.6) is 0 Å². The van der Waals surface area contributed by atoms with E-state index >= 15 is 0 Å². The predicted molar refractivity (Wildman–Crippen MR) is 90.7 cm³/mol. The Morgan fingerprint density at radius 1 is 1.12 bits per heavy atom. The first-order valence-electron chi connectivity index (χ1n) is 8.26. The number of nitrogens with one attached hydrogen (secondary N) is 2. The van der Waals surface area contributed by atoms with Gasteiger partial charge >= 0.3 is 5.97 Å². The number of hydrogen-bond donors (Lipinski definition) is 3. The summed E-state index contributed by atoms with van der Waals surface area (Å²) >= 11 is 0. The van der Waals surface area contributed by atoms with Crippen LogP contribution in [-0.4, -0.2) is 28.5 Å². The molecule has 0 aliphatic carbocycles. The molecule has 0 radical (unpaired) electrons. The molecule has 6 heteroatoms. The number of aromatic nitrogens is 1. The number of H-pyrrole nitrogens is 1. The Hall–Kier alpha value is -2.37. The maximum Gasteiger partial charge on any atom is 0.303 e. The molecule has 2 aromatic rings. The number of hydrogen-bond acceptors (Lipinski definition) is 2. The van der Waals surface area contributed by atoms with E-state index in [1.54, 1.807) is 6.07 Å². The highest BCUT2D eigenvalue weighted by atomic mass is 19.1. The molecular formula is C18H23FN2O3. The number of unbranched alkanes of at least 4 members (excludes halogenated alkanes) is 4. The van der Waals surface area contributed by atoms with Crippen LogP contribution in [0.25, 0.3) is 10.9 Å². The Morgan fingerprint density at radius 3 is 2.58 bits per heavy atom. The van der Waals surface area contributed by atoms with Crippen molar-refractivity contribution >= 4 is 22.8 Å². The number of amides is 1. The normalized spacial score (nSPS) is 10.9. The van der Waals surface area contributed by atoms with E-state index in [1.807, 2.05) is 6.92 Å². The van der Waals surface area contributed by atoms with E-state index in [-0.39, 0.29) is 18.1 Å². The molecule has 1 aromatic heterocycles. The van der Waals surface area contributed by atoms with Crippen molar-refractivity contribution in [3.8, 4) is 0 Å². The predicted octanol–water partition coefficient (Wildman–Crippen LogP) is 3.77. The van der Waals surface area contributed by atoms with Crippen LogP contribution in [-0.2, 0) is 4.79 Å². The lowest BCUT2D eigenvalue weighted by molar-refractivity contribution is -0.137. The summed E-state index contributed by atoms with van der Waals surface area (Å²) in [4.78, 5) is 25.4. The van der Waals surface area contributed by atoms with Crippen LogP contribution in [0.1, 0.15) is 54.6 Å². The van der Waals surface area contributed by atoms with Crippen LogP contribution < -0.4 is 5.32 Å². The fourth-order valence-electron chi connectivity index (χ4n) is 2.73. The van der Waals surface area contributed by atoms with Gasteiger partial charge in [-0.2, -0.15) is 0 Å². The highest BCUT2D eigenvalue weighted by molar-refractivity contribution is 5.98. The summed E-state index contributed by atoms with van der Waals surface area (Å²) in [5.41, 5.74) is 1.85. The van der Waals surface area contributed by atoms with Crippen LogP contribution in [0.4, 0.5) is 4.39 Å². The van der Waals surface area contributed by atoms with E-state index in [2.05, 4.69) is 10.3 Å². The van der Waals surface area contributed by atoms with E-state index in [1.165, 1.54) is 12.1 Å². The molecular weight excluding hydrogens is 311 g/mol. The van der Waals surface area contributed by atoms with Crippen LogP contribution in [0.2, 0.25) is 0 Å². The molecule has 0 saturated carbocycles. The lowest BCUT2D eigenvalue weighted by atomic mass is 10.1. The van der Waals surface area contributed by atoms with Crippen molar-refractivity contribution in [1.29, 1.82) is 0 Å². The van der Waals surface area contributed by atoms with Gasteiger partial charge in [-0.25, -0.2) is 4.39 Å². The molecule has 0 bridgehead atoms. The Labute approximate surface area is 140 Å². The van der Waals surface area contributed by atoms with E-state index in [4.69, 9.17) is 5.11 Å². The van der Waals surface area contributed by atoms with Gasteiger partial charge in [-0.05, 0) is 43.5 Å². The number of aromatic amines is 1. The number of halogens is 1. The second-order valence-corrected chi connectivity index (χ2v) is 6.03. The number of carbonyl (C=O) groups excluding carboxylic acids is 1. The fourth-order valence-corrected chi connectivity index (χ4v) is 2.73. The Balaban J connectivity index is 1.73. The third kappa shape index (κ3) is 5.08. The number of aryl methyl sites for hydroxylation is 1. The first kappa shape index (κ1) is 18.0. The number of rotatable bonds is 9. The molecule has 3 N–H and O–H groups in total. The molecule has 0 aliphatic rings. The highest BCUT2D eigenvalue weighted by Gasteiger charge is 2.11. The summed E-state index contributed by atoms with van der Waals surface area (Å²) in [6.07, 6.45) is 4.59. The summed E-state index contributed by atoms with van der Waals surface area (Å²) in [5.74, 6) is -1.27. The number of aliphatic carboxylic acids is 1. The lowest BCUT2D eigenvalue weighted by Gasteiger charge is -2.03. The fraction of sp³-hybridized carbons (Fsp3) is 0.444. The van der Waals surface area contributed by atoms with Gasteiger partial charge in [0.05, 0.1) is 0 Å². The van der Waals surface area contributed by atoms with E-state index in [9.17, 15) is 14.0 Å². The van der Waals surface area contributed by atoms with Gasteiger partial charge in [0.2, 0.25) is 0 Å². The number of carboxylic acids is 1. The maximum absolute atomic E-state index is 13.4. The topological polar surface area (TPSA) is 82.2 Å². The first-order chi connectivity index (χ1) is 11.5. The van der Waals surface area contributed by atoms with Crippen molar-refractivity contribution < 1.29 is 19.1 Å². The van der Waals surface area contributed by atoms with Crippen molar-refractivity contribution in [2.45, 2.75) is 45.4 Å². The Morgan fingerprint density at radius 2 is 1.83 bits per heavy atom. The monoisotopic (exact) mass is 334 g/mol. The average molecular weight is 334 g/mol. The zero-order chi connectivity index (χ0) is 17.5. The molecule has 0 saturated heterocycles. The minimum atomic E-state index is -0.754. The molecule has 24 heavy (non-hydrogen) atoms. The van der Waals surface area contributed by atoms with Gasteiger partial charge in [-0.3, -0.25) is 9.59 Å². The molecule has 1 aromatic carbocycles. The van der Waals surface area contributed by atoms with Crippen molar-refractivity contribution in [2.24, 2.45) is 0 Å². The molecule has 2 rings (SSSR count). The molecule has 5 nitrogen and oxygen atoms in total. The average Bonchev–Trinajstić information content (AvgIpc) is 2.93. The van der Waals surface area contributed by atoms with Crippen molar-refractivity contribution in [2.75, 3.05) is 6.54 Å². The van der Waals surface area contributed by atoms with Gasteiger partial charge in [0, 0.05) is 23.9 Å². The lowest BCUT2D eigenvalue weighted by Crippen LogP contribution is -2.24. The smallest absolute Gasteiger partial charge is 0.303 e. The molecule has 130 valence electrons. The third-order valence-corrected chi connectivity index (χ3v) is 4.01. The number of carboxylic acid groups (broad SMARTS) is 1. The third-order valence-electron chi connectivity index (χ3n) is 4.01. The SMILES string of the molecule is Cc1cc(F)cc2[nH]c(C(=O)NCCCCCCCC(=O)O)cc12. The van der Waals surface area contributed by atoms with Crippen LogP contribution in [0.15, 0.2) is 18.2 Å². The van der Waals surface area contributed by atoms with Gasteiger partial charge in [0.15, 0.2) is 0 Å². The Kier molecular flexibility index (Phi) is 6.35. The van der Waals surface area contributed by atoms with Crippen LogP contribution in [0, 0.1) is 12.7 Å². The van der Waals surface area contributed by atoms with E-state index in [0.29, 0.717) is 24.2 Å². The standard InChI is InChI=1S/C18H23FN2O3/c1-12-9-13(19)10-15-14(12)11-16(21-15)18(24)20-8-6-4-2-3-5-7-17(22)23/h9-11,21H,2-8H2,1H3,(H,20,24)(H,22,23). The summed E-state index contributed by atoms with van der Waals surface area (Å²) in [7, 11) is 0. The van der Waals surface area contributed by atoms with E-state index < -0.39 is 5.97 Å². The quantitative estimate of drug-likeness (QED) is 0.611. The van der Waals surface area contributed by atoms with Gasteiger partial charge in [0.1, 0.15) is 11.5 Å². The molecule has 0 unspecified atom stereocenters. The number of fused-ring (bicyclic) bond motifs is 1. The minimum Gasteiger partial charge on any atom is -0.481 e. The van der Waals surface area contributed by atoms with Crippen LogP contribution in [0.3, 0.4) is 0 Å². The second kappa shape index (κ2) is 8.47. The van der Waals surface area contributed by atoms with Crippen molar-refractivity contribution in [3.05, 3.63) is 35.3 Å². The zero-order valence-corrected chi connectivity index (χ0v) is 13.8. The largest absolute Gasteiger partial charge is 0.481 e. The van der Waals surface area contributed by atoms with Gasteiger partial charge in [0.25, 0.3) is 5.91 Å². The summed E-state index contributed by atoms with van der Waals surface area (Å²) in [5, 5.41) is 12.2. The van der Waals surface area contributed by atoms with Gasteiger partial charge < -0.3 is 15.4 Å². The summed E-state index contributed by atoms with van der Waals surface area (Å²) < 4.78 is 13.4. The summed E-state index contributed by atoms with van der Waals surface area (Å²) in [6.45, 7) is 2.38. The van der Waals surface area contributed by atoms with Crippen LogP contribution >= 0.6 is 0 Å². The van der Waals surface area contributed by atoms with Gasteiger partial charge in [-0.1, -0.05) is 19.3 Å². The number of benzene rings is 1. The molecule has 0 atom stereocenters. The summed E-state index contributed by atoms with van der Waals surface area (Å²) in [6, 6.07) is 4.57. The number of carbonyl (C=O) groups is 2. The molecule has 1 amide bonds. The van der Waals surface area contributed by atoms with Crippen molar-refractivity contribution in [3.63, 3.8) is 0 Å². The first-order valence-corrected chi connectivity index (χ1v) is 8.26. The van der Waals surface area contributed by atoms with E-state index in [0.717, 1.165) is 36.6 Å². The molecule has 0 spiro atoms. The maximum atomic E-state index is 13.4. The molecule has 0 fully saturated rings. The zero-order valence-electron chi connectivity index (χ0n) is 13.8. The molecule has 1 heterocycles.